The first-order valence-corrected chi connectivity index (χ1v) is 7.63. The molecule has 0 saturated heterocycles. The summed E-state index contributed by atoms with van der Waals surface area (Å²) in [5.41, 5.74) is 0.780. The second kappa shape index (κ2) is 6.48. The molecule has 0 unspecified atom stereocenters. The van der Waals surface area contributed by atoms with Crippen LogP contribution in [0.15, 0.2) is 58.3 Å². The van der Waals surface area contributed by atoms with E-state index in [9.17, 15) is 4.79 Å². The average molecular weight is 314 g/mol. The fraction of sp³-hybridized carbons (Fsp3) is 0.133. The van der Waals surface area contributed by atoms with Crippen molar-refractivity contribution in [3.05, 3.63) is 48.7 Å². The van der Waals surface area contributed by atoms with E-state index in [2.05, 4.69) is 15.5 Å². The third-order valence-electron chi connectivity index (χ3n) is 2.97. The number of hydrogen-bond donors (Lipinski definition) is 1. The standard InChI is InChI=1S/C15H14N4O2S/c1-19-14(12-8-5-9-21-12)17-18-15(19)22-10-13(20)16-11-6-3-2-4-7-11/h2-9H,10H2,1H3,(H,16,20). The Bertz CT molecular complexity index is 753. The van der Waals surface area contributed by atoms with Gasteiger partial charge in [0.15, 0.2) is 16.7 Å². The van der Waals surface area contributed by atoms with Crippen molar-refractivity contribution in [2.24, 2.45) is 7.05 Å². The van der Waals surface area contributed by atoms with E-state index in [1.165, 1.54) is 11.8 Å². The van der Waals surface area contributed by atoms with Crippen molar-refractivity contribution in [2.75, 3.05) is 11.1 Å². The van der Waals surface area contributed by atoms with E-state index in [4.69, 9.17) is 4.42 Å². The zero-order valence-corrected chi connectivity index (χ0v) is 12.7. The minimum Gasteiger partial charge on any atom is -0.461 e. The number of nitrogens with one attached hydrogen (secondary N) is 1. The number of thioether (sulfide) groups is 1. The largest absolute Gasteiger partial charge is 0.461 e. The average Bonchev–Trinajstić information content (AvgIpc) is 3.16. The Morgan fingerprint density at radius 3 is 2.77 bits per heavy atom. The maximum Gasteiger partial charge on any atom is 0.234 e. The summed E-state index contributed by atoms with van der Waals surface area (Å²) in [5, 5.41) is 11.7. The van der Waals surface area contributed by atoms with Gasteiger partial charge in [-0.3, -0.25) is 4.79 Å². The van der Waals surface area contributed by atoms with E-state index in [1.54, 1.807) is 16.9 Å². The summed E-state index contributed by atoms with van der Waals surface area (Å²) in [6.45, 7) is 0. The number of aromatic nitrogens is 3. The number of carbonyl (C=O) groups excluding carboxylic acids is 1. The Hall–Kier alpha value is -2.54. The molecule has 112 valence electrons. The second-order valence-corrected chi connectivity index (χ2v) is 5.49. The zero-order valence-electron chi connectivity index (χ0n) is 11.9. The molecule has 0 aliphatic rings. The van der Waals surface area contributed by atoms with Gasteiger partial charge in [-0.15, -0.1) is 10.2 Å². The van der Waals surface area contributed by atoms with E-state index in [0.717, 1.165) is 5.69 Å². The van der Waals surface area contributed by atoms with E-state index in [-0.39, 0.29) is 11.7 Å². The van der Waals surface area contributed by atoms with Gasteiger partial charge in [-0.05, 0) is 24.3 Å². The molecule has 1 aromatic carbocycles. The van der Waals surface area contributed by atoms with Crippen molar-refractivity contribution in [3.63, 3.8) is 0 Å². The normalized spacial score (nSPS) is 10.6. The number of nitrogens with zero attached hydrogens (tertiary/aromatic N) is 3. The Morgan fingerprint density at radius 1 is 1.23 bits per heavy atom. The van der Waals surface area contributed by atoms with Crippen molar-refractivity contribution in [1.29, 1.82) is 0 Å². The monoisotopic (exact) mass is 314 g/mol. The van der Waals surface area contributed by atoms with Gasteiger partial charge in [0.25, 0.3) is 0 Å². The van der Waals surface area contributed by atoms with Gasteiger partial charge in [0.2, 0.25) is 5.91 Å². The highest BCUT2D eigenvalue weighted by Gasteiger charge is 2.14. The molecule has 3 rings (SSSR count). The molecule has 1 N–H and O–H groups in total. The molecule has 7 heteroatoms. The quantitative estimate of drug-likeness (QED) is 0.733. The number of anilines is 1. The van der Waals surface area contributed by atoms with Crippen LogP contribution in [0.3, 0.4) is 0 Å². The fourth-order valence-electron chi connectivity index (χ4n) is 1.91. The molecule has 0 aliphatic carbocycles. The van der Waals surface area contributed by atoms with Crippen molar-refractivity contribution in [2.45, 2.75) is 5.16 Å². The van der Waals surface area contributed by atoms with Crippen LogP contribution in [0.4, 0.5) is 5.69 Å². The molecule has 0 bridgehead atoms. The summed E-state index contributed by atoms with van der Waals surface area (Å²) in [6.07, 6.45) is 1.59. The molecule has 22 heavy (non-hydrogen) atoms. The molecular formula is C15H14N4O2S. The molecule has 0 saturated carbocycles. The first kappa shape index (κ1) is 14.4. The molecule has 0 fully saturated rings. The maximum absolute atomic E-state index is 11.9. The smallest absolute Gasteiger partial charge is 0.234 e. The lowest BCUT2D eigenvalue weighted by molar-refractivity contribution is -0.113. The summed E-state index contributed by atoms with van der Waals surface area (Å²) in [5.74, 6) is 1.46. The number of rotatable bonds is 5. The zero-order chi connectivity index (χ0) is 15.4. The summed E-state index contributed by atoms with van der Waals surface area (Å²) < 4.78 is 7.11. The molecule has 1 amide bonds. The number of benzene rings is 1. The molecule has 0 spiro atoms. The second-order valence-electron chi connectivity index (χ2n) is 4.55. The van der Waals surface area contributed by atoms with Crippen LogP contribution >= 0.6 is 11.8 Å². The van der Waals surface area contributed by atoms with Crippen LogP contribution in [0.2, 0.25) is 0 Å². The Morgan fingerprint density at radius 2 is 2.05 bits per heavy atom. The van der Waals surface area contributed by atoms with E-state index < -0.39 is 0 Å². The Kier molecular flexibility index (Phi) is 4.24. The summed E-state index contributed by atoms with van der Waals surface area (Å²) >= 11 is 1.33. The van der Waals surface area contributed by atoms with E-state index in [0.29, 0.717) is 16.7 Å². The predicted octanol–water partition coefficient (Wildman–Crippen LogP) is 2.81. The van der Waals surface area contributed by atoms with Crippen molar-refractivity contribution >= 4 is 23.4 Å². The van der Waals surface area contributed by atoms with Gasteiger partial charge in [0.05, 0.1) is 12.0 Å². The Balaban J connectivity index is 1.61. The first-order chi connectivity index (χ1) is 10.7. The topological polar surface area (TPSA) is 73.0 Å². The number of carbonyl (C=O) groups is 1. The molecule has 0 aliphatic heterocycles. The minimum atomic E-state index is -0.0845. The maximum atomic E-state index is 11.9. The highest BCUT2D eigenvalue weighted by atomic mass is 32.2. The summed E-state index contributed by atoms with van der Waals surface area (Å²) in [4.78, 5) is 11.9. The lowest BCUT2D eigenvalue weighted by Gasteiger charge is -2.04. The van der Waals surface area contributed by atoms with Gasteiger partial charge in [-0.2, -0.15) is 0 Å². The van der Waals surface area contributed by atoms with Gasteiger partial charge in [-0.1, -0.05) is 30.0 Å². The highest BCUT2D eigenvalue weighted by molar-refractivity contribution is 7.99. The first-order valence-electron chi connectivity index (χ1n) is 6.65. The molecule has 0 atom stereocenters. The number of furan rings is 1. The van der Waals surface area contributed by atoms with E-state index >= 15 is 0 Å². The van der Waals surface area contributed by atoms with Crippen LogP contribution in [0, 0.1) is 0 Å². The van der Waals surface area contributed by atoms with Crippen LogP contribution < -0.4 is 5.32 Å². The highest BCUT2D eigenvalue weighted by Crippen LogP contribution is 2.22. The van der Waals surface area contributed by atoms with Crippen LogP contribution in [-0.4, -0.2) is 26.4 Å². The van der Waals surface area contributed by atoms with Crippen molar-refractivity contribution < 1.29 is 9.21 Å². The number of amides is 1. The van der Waals surface area contributed by atoms with Gasteiger partial charge in [-0.25, -0.2) is 0 Å². The molecule has 6 nitrogen and oxygen atoms in total. The van der Waals surface area contributed by atoms with Gasteiger partial charge in [0.1, 0.15) is 0 Å². The lowest BCUT2D eigenvalue weighted by atomic mass is 10.3. The van der Waals surface area contributed by atoms with Gasteiger partial charge >= 0.3 is 0 Å². The molecule has 3 aromatic rings. The molecule has 2 heterocycles. The minimum absolute atomic E-state index is 0.0845. The third-order valence-corrected chi connectivity index (χ3v) is 3.99. The van der Waals surface area contributed by atoms with Crippen molar-refractivity contribution in [1.82, 2.24) is 14.8 Å². The van der Waals surface area contributed by atoms with Crippen molar-refractivity contribution in [3.8, 4) is 11.6 Å². The fourth-order valence-corrected chi connectivity index (χ4v) is 2.62. The summed E-state index contributed by atoms with van der Waals surface area (Å²) in [6, 6.07) is 13.0. The van der Waals surface area contributed by atoms with E-state index in [1.807, 2.05) is 43.4 Å². The SMILES string of the molecule is Cn1c(SCC(=O)Nc2ccccc2)nnc1-c1ccco1. The summed E-state index contributed by atoms with van der Waals surface area (Å²) in [7, 11) is 1.84. The van der Waals surface area contributed by atoms with Crippen LogP contribution in [-0.2, 0) is 11.8 Å². The molecule has 2 aromatic heterocycles. The predicted molar refractivity (Wildman–Crippen MR) is 84.5 cm³/mol. The molecular weight excluding hydrogens is 300 g/mol. The number of hydrogen-bond acceptors (Lipinski definition) is 5. The lowest BCUT2D eigenvalue weighted by Crippen LogP contribution is -2.14. The van der Waals surface area contributed by atoms with Gasteiger partial charge < -0.3 is 14.3 Å². The van der Waals surface area contributed by atoms with Gasteiger partial charge in [0, 0.05) is 12.7 Å². The van der Waals surface area contributed by atoms with Crippen LogP contribution in [0.1, 0.15) is 0 Å². The molecule has 0 radical (unpaired) electrons. The van der Waals surface area contributed by atoms with Crippen LogP contribution in [0.5, 0.6) is 0 Å². The third kappa shape index (κ3) is 3.20. The number of para-hydroxylation sites is 1. The Labute approximate surface area is 131 Å². The van der Waals surface area contributed by atoms with Crippen LogP contribution in [0.25, 0.3) is 11.6 Å².